The van der Waals surface area contributed by atoms with Crippen LogP contribution < -0.4 is 16.0 Å². The monoisotopic (exact) mass is 420 g/mol. The Morgan fingerprint density at radius 2 is 1.39 bits per heavy atom. The van der Waals surface area contributed by atoms with Gasteiger partial charge in [-0.05, 0) is 62.7 Å². The van der Waals surface area contributed by atoms with Crippen molar-refractivity contribution in [3.8, 4) is 0 Å². The second-order valence-electron chi connectivity index (χ2n) is 6.82. The lowest BCUT2D eigenvalue weighted by Gasteiger charge is -2.09. The normalized spacial score (nSPS) is 10.3. The van der Waals surface area contributed by atoms with E-state index >= 15 is 0 Å². The summed E-state index contributed by atoms with van der Waals surface area (Å²) in [5.74, 6) is -0.837. The van der Waals surface area contributed by atoms with Crippen LogP contribution in [0.5, 0.6) is 0 Å². The molecule has 0 aliphatic carbocycles. The van der Waals surface area contributed by atoms with Crippen LogP contribution in [0.15, 0.2) is 54.6 Å². The zero-order valence-corrected chi connectivity index (χ0v) is 17.5. The Kier molecular flexibility index (Phi) is 6.71. The molecule has 0 saturated heterocycles. The summed E-state index contributed by atoms with van der Waals surface area (Å²) in [6.07, 6.45) is 0. The maximum Gasteiger partial charge on any atom is 0.340 e. The number of anilines is 3. The number of ether oxygens (including phenoxy) is 1. The van der Waals surface area contributed by atoms with Gasteiger partial charge in [0.2, 0.25) is 0 Å². The van der Waals surface area contributed by atoms with E-state index in [0.717, 1.165) is 0 Å². The van der Waals surface area contributed by atoms with E-state index in [0.29, 0.717) is 39.6 Å². The van der Waals surface area contributed by atoms with Gasteiger partial charge < -0.3 is 25.7 Å². The molecule has 0 unspecified atom stereocenters. The molecule has 0 bridgehead atoms. The highest BCUT2D eigenvalue weighted by molar-refractivity contribution is 6.07. The molecule has 3 amide bonds. The van der Waals surface area contributed by atoms with Gasteiger partial charge in [-0.3, -0.25) is 4.79 Å². The number of rotatable bonds is 6. The second-order valence-corrected chi connectivity index (χ2v) is 6.82. The molecule has 0 aliphatic heterocycles. The van der Waals surface area contributed by atoms with Crippen molar-refractivity contribution in [3.05, 3.63) is 77.1 Å². The summed E-state index contributed by atoms with van der Waals surface area (Å²) in [5, 5.41) is 8.24. The molecule has 1 aromatic heterocycles. The van der Waals surface area contributed by atoms with Crippen LogP contribution in [0.4, 0.5) is 21.9 Å². The van der Waals surface area contributed by atoms with E-state index in [4.69, 9.17) is 4.74 Å². The minimum absolute atomic E-state index is 0.258. The Morgan fingerprint density at radius 3 is 1.97 bits per heavy atom. The Bertz CT molecular complexity index is 1090. The molecule has 8 nitrogen and oxygen atoms in total. The first-order chi connectivity index (χ1) is 14.9. The Hall–Kier alpha value is -4.07. The van der Waals surface area contributed by atoms with E-state index in [1.807, 2.05) is 18.2 Å². The number of nitrogens with one attached hydrogen (secondary N) is 4. The number of hydrogen-bond donors (Lipinski definition) is 4. The number of benzene rings is 2. The number of urea groups is 1. The molecule has 0 radical (unpaired) electrons. The van der Waals surface area contributed by atoms with Gasteiger partial charge in [-0.25, -0.2) is 9.59 Å². The number of carbonyl (C=O) groups excluding carboxylic acids is 3. The fraction of sp³-hybridized carbons (Fsp3) is 0.174. The van der Waals surface area contributed by atoms with Crippen molar-refractivity contribution in [1.82, 2.24) is 4.98 Å². The zero-order chi connectivity index (χ0) is 22.4. The van der Waals surface area contributed by atoms with Gasteiger partial charge in [0, 0.05) is 22.8 Å². The summed E-state index contributed by atoms with van der Waals surface area (Å²) in [6, 6.07) is 15.4. The maximum atomic E-state index is 12.7. The van der Waals surface area contributed by atoms with Crippen LogP contribution in [0.1, 0.15) is 39.0 Å². The molecule has 3 aromatic rings. The van der Waals surface area contributed by atoms with Crippen LogP contribution in [0, 0.1) is 13.8 Å². The first-order valence-electron chi connectivity index (χ1n) is 9.79. The third kappa shape index (κ3) is 5.30. The predicted octanol–water partition coefficient (Wildman–Crippen LogP) is 4.70. The molecule has 0 spiro atoms. The lowest BCUT2D eigenvalue weighted by Crippen LogP contribution is -2.19. The molecule has 2 aromatic carbocycles. The topological polar surface area (TPSA) is 112 Å². The standard InChI is InChI=1S/C23H24N4O4/c1-4-31-22(29)19-14(2)20(24-15(19)3)21(28)25-17-10-12-18(13-11-17)27-23(30)26-16-8-6-5-7-9-16/h5-13,24H,4H2,1-3H3,(H,25,28)(H2,26,27,30). The van der Waals surface area contributed by atoms with Crippen molar-refractivity contribution < 1.29 is 19.1 Å². The summed E-state index contributed by atoms with van der Waals surface area (Å²) in [4.78, 5) is 39.8. The van der Waals surface area contributed by atoms with Gasteiger partial charge in [0.25, 0.3) is 5.91 Å². The summed E-state index contributed by atoms with van der Waals surface area (Å²) in [5.41, 5.74) is 3.57. The molecule has 8 heteroatoms. The molecular weight excluding hydrogens is 396 g/mol. The summed E-state index contributed by atoms with van der Waals surface area (Å²) in [7, 11) is 0. The van der Waals surface area contributed by atoms with Crippen molar-refractivity contribution >= 4 is 35.0 Å². The van der Waals surface area contributed by atoms with E-state index in [-0.39, 0.29) is 18.5 Å². The Balaban J connectivity index is 1.63. The van der Waals surface area contributed by atoms with E-state index in [1.54, 1.807) is 57.2 Å². The fourth-order valence-electron chi connectivity index (χ4n) is 3.13. The number of amides is 3. The van der Waals surface area contributed by atoms with Crippen molar-refractivity contribution in [2.24, 2.45) is 0 Å². The average Bonchev–Trinajstić information content (AvgIpc) is 3.04. The van der Waals surface area contributed by atoms with E-state index in [1.165, 1.54) is 0 Å². The summed E-state index contributed by atoms with van der Waals surface area (Å²) >= 11 is 0. The van der Waals surface area contributed by atoms with Gasteiger partial charge in [-0.2, -0.15) is 0 Å². The number of hydrogen-bond acceptors (Lipinski definition) is 4. The number of para-hydroxylation sites is 1. The van der Waals surface area contributed by atoms with Crippen LogP contribution >= 0.6 is 0 Å². The van der Waals surface area contributed by atoms with Gasteiger partial charge in [0.1, 0.15) is 5.69 Å². The average molecular weight is 420 g/mol. The van der Waals surface area contributed by atoms with Crippen molar-refractivity contribution in [1.29, 1.82) is 0 Å². The first-order valence-corrected chi connectivity index (χ1v) is 9.79. The number of aromatic amines is 1. The SMILES string of the molecule is CCOC(=O)c1c(C)[nH]c(C(=O)Nc2ccc(NC(=O)Nc3ccccc3)cc2)c1C. The lowest BCUT2D eigenvalue weighted by atomic mass is 10.1. The number of aryl methyl sites for hydroxylation is 1. The highest BCUT2D eigenvalue weighted by Crippen LogP contribution is 2.21. The van der Waals surface area contributed by atoms with Gasteiger partial charge >= 0.3 is 12.0 Å². The third-order valence-corrected chi connectivity index (χ3v) is 4.58. The van der Waals surface area contributed by atoms with Crippen LogP contribution in [0.25, 0.3) is 0 Å². The highest BCUT2D eigenvalue weighted by Gasteiger charge is 2.22. The molecule has 31 heavy (non-hydrogen) atoms. The van der Waals surface area contributed by atoms with E-state index in [9.17, 15) is 14.4 Å². The van der Waals surface area contributed by atoms with Crippen molar-refractivity contribution in [2.45, 2.75) is 20.8 Å². The van der Waals surface area contributed by atoms with Gasteiger partial charge in [-0.15, -0.1) is 0 Å². The largest absolute Gasteiger partial charge is 0.462 e. The Morgan fingerprint density at radius 1 is 0.839 bits per heavy atom. The lowest BCUT2D eigenvalue weighted by molar-refractivity contribution is 0.0525. The minimum Gasteiger partial charge on any atom is -0.462 e. The molecule has 0 fully saturated rings. The van der Waals surface area contributed by atoms with E-state index < -0.39 is 5.97 Å². The maximum absolute atomic E-state index is 12.7. The molecule has 4 N–H and O–H groups in total. The molecule has 0 atom stereocenters. The van der Waals surface area contributed by atoms with Crippen LogP contribution in [-0.2, 0) is 4.74 Å². The van der Waals surface area contributed by atoms with Crippen molar-refractivity contribution in [2.75, 3.05) is 22.6 Å². The highest BCUT2D eigenvalue weighted by atomic mass is 16.5. The van der Waals surface area contributed by atoms with Crippen LogP contribution in [0.2, 0.25) is 0 Å². The van der Waals surface area contributed by atoms with Crippen LogP contribution in [0.3, 0.4) is 0 Å². The molecule has 0 aliphatic rings. The minimum atomic E-state index is -0.461. The molecule has 3 rings (SSSR count). The fourth-order valence-corrected chi connectivity index (χ4v) is 3.13. The number of esters is 1. The predicted molar refractivity (Wildman–Crippen MR) is 120 cm³/mol. The summed E-state index contributed by atoms with van der Waals surface area (Å²) in [6.45, 7) is 5.40. The van der Waals surface area contributed by atoms with Gasteiger partial charge in [0.05, 0.1) is 12.2 Å². The van der Waals surface area contributed by atoms with Gasteiger partial charge in [-0.1, -0.05) is 18.2 Å². The molecule has 0 saturated carbocycles. The van der Waals surface area contributed by atoms with Crippen molar-refractivity contribution in [3.63, 3.8) is 0 Å². The molecule has 160 valence electrons. The first kappa shape index (κ1) is 21.6. The third-order valence-electron chi connectivity index (χ3n) is 4.58. The van der Waals surface area contributed by atoms with E-state index in [2.05, 4.69) is 20.9 Å². The van der Waals surface area contributed by atoms with Gasteiger partial charge in [0.15, 0.2) is 0 Å². The molecular formula is C23H24N4O4. The second kappa shape index (κ2) is 9.62. The Labute approximate surface area is 180 Å². The molecule has 1 heterocycles. The number of aromatic nitrogens is 1. The quantitative estimate of drug-likeness (QED) is 0.433. The number of H-pyrrole nitrogens is 1. The smallest absolute Gasteiger partial charge is 0.340 e. The number of carbonyl (C=O) groups is 3. The summed E-state index contributed by atoms with van der Waals surface area (Å²) < 4.78 is 5.05. The van der Waals surface area contributed by atoms with Crippen LogP contribution in [-0.4, -0.2) is 29.5 Å². The zero-order valence-electron chi connectivity index (χ0n) is 17.5.